The van der Waals surface area contributed by atoms with Crippen LogP contribution < -0.4 is 10.6 Å². The van der Waals surface area contributed by atoms with Crippen LogP contribution in [0.1, 0.15) is 31.7 Å². The Labute approximate surface area is 187 Å². The number of hydrogen-bond donors (Lipinski definition) is 2. The van der Waals surface area contributed by atoms with Crippen molar-refractivity contribution in [2.75, 3.05) is 24.2 Å². The van der Waals surface area contributed by atoms with Crippen molar-refractivity contribution in [3.05, 3.63) is 54.1 Å². The summed E-state index contributed by atoms with van der Waals surface area (Å²) in [5.74, 6) is 0.0267. The van der Waals surface area contributed by atoms with Gasteiger partial charge in [-0.25, -0.2) is 8.42 Å². The van der Waals surface area contributed by atoms with E-state index in [-0.39, 0.29) is 17.6 Å². The molecule has 1 saturated heterocycles. The monoisotopic (exact) mass is 461 g/mol. The van der Waals surface area contributed by atoms with Crippen molar-refractivity contribution in [2.45, 2.75) is 42.5 Å². The quantitative estimate of drug-likeness (QED) is 0.589. The summed E-state index contributed by atoms with van der Waals surface area (Å²) in [5.41, 5.74) is 1.56. The van der Waals surface area contributed by atoms with E-state index in [1.54, 1.807) is 40.7 Å². The highest BCUT2D eigenvalue weighted by atomic mass is 32.2. The van der Waals surface area contributed by atoms with Crippen LogP contribution in [-0.4, -0.2) is 43.4 Å². The number of nitrogens with zero attached hydrogens (tertiary/aromatic N) is 1. The lowest BCUT2D eigenvalue weighted by Gasteiger charge is -2.25. The number of thioether (sulfide) groups is 1. The van der Waals surface area contributed by atoms with E-state index in [0.717, 1.165) is 29.7 Å². The average molecular weight is 462 g/mol. The summed E-state index contributed by atoms with van der Waals surface area (Å²) in [4.78, 5) is 24.4. The molecule has 0 atom stereocenters. The molecule has 0 radical (unpaired) electrons. The lowest BCUT2D eigenvalue weighted by Crippen LogP contribution is -2.35. The SMILES string of the molecule is CC(=O)Nc1ccc(SCC(=O)NCc2ccc(S(=O)(=O)N3CCCCC3)cc2)cc1. The average Bonchev–Trinajstić information content (AvgIpc) is 2.78. The topological polar surface area (TPSA) is 95.6 Å². The van der Waals surface area contributed by atoms with E-state index in [0.29, 0.717) is 30.2 Å². The molecule has 166 valence electrons. The van der Waals surface area contributed by atoms with Crippen LogP contribution in [0.15, 0.2) is 58.3 Å². The van der Waals surface area contributed by atoms with Gasteiger partial charge < -0.3 is 10.6 Å². The number of carbonyl (C=O) groups is 2. The third-order valence-corrected chi connectivity index (χ3v) is 7.84. The summed E-state index contributed by atoms with van der Waals surface area (Å²) in [6, 6.07) is 14.0. The van der Waals surface area contributed by atoms with Crippen LogP contribution in [0.5, 0.6) is 0 Å². The molecule has 31 heavy (non-hydrogen) atoms. The molecule has 2 amide bonds. The van der Waals surface area contributed by atoms with E-state index in [9.17, 15) is 18.0 Å². The number of sulfonamides is 1. The first-order valence-electron chi connectivity index (χ1n) is 10.2. The Kier molecular flexibility index (Phi) is 8.11. The van der Waals surface area contributed by atoms with Crippen LogP contribution >= 0.6 is 11.8 Å². The van der Waals surface area contributed by atoms with Gasteiger partial charge in [-0.3, -0.25) is 9.59 Å². The molecule has 3 rings (SSSR count). The second-order valence-electron chi connectivity index (χ2n) is 7.38. The number of nitrogens with one attached hydrogen (secondary N) is 2. The highest BCUT2D eigenvalue weighted by Gasteiger charge is 2.25. The molecule has 9 heteroatoms. The normalized spacial score (nSPS) is 14.7. The minimum Gasteiger partial charge on any atom is -0.351 e. The zero-order valence-corrected chi connectivity index (χ0v) is 19.1. The van der Waals surface area contributed by atoms with Crippen LogP contribution in [-0.2, 0) is 26.2 Å². The molecule has 2 aromatic carbocycles. The predicted octanol–water partition coefficient (Wildman–Crippen LogP) is 3.23. The van der Waals surface area contributed by atoms with E-state index < -0.39 is 10.0 Å². The molecule has 0 spiro atoms. The van der Waals surface area contributed by atoms with Crippen LogP contribution in [0.2, 0.25) is 0 Å². The Hall–Kier alpha value is -2.36. The minimum absolute atomic E-state index is 0.110. The van der Waals surface area contributed by atoms with E-state index >= 15 is 0 Å². The summed E-state index contributed by atoms with van der Waals surface area (Å²) in [6.07, 6.45) is 2.88. The molecule has 1 heterocycles. The van der Waals surface area contributed by atoms with E-state index in [1.165, 1.54) is 18.7 Å². The number of rotatable bonds is 8. The fourth-order valence-corrected chi connectivity index (χ4v) is 5.52. The predicted molar refractivity (Wildman–Crippen MR) is 122 cm³/mol. The third-order valence-electron chi connectivity index (χ3n) is 4.91. The highest BCUT2D eigenvalue weighted by Crippen LogP contribution is 2.22. The van der Waals surface area contributed by atoms with Gasteiger partial charge in [-0.1, -0.05) is 18.6 Å². The Morgan fingerprint density at radius 3 is 2.23 bits per heavy atom. The fraction of sp³-hybridized carbons (Fsp3) is 0.364. The van der Waals surface area contributed by atoms with Crippen molar-refractivity contribution >= 4 is 39.3 Å². The van der Waals surface area contributed by atoms with Crippen LogP contribution in [0.3, 0.4) is 0 Å². The van der Waals surface area contributed by atoms with Crippen LogP contribution in [0, 0.1) is 0 Å². The molecule has 0 aromatic heterocycles. The largest absolute Gasteiger partial charge is 0.351 e. The van der Waals surface area contributed by atoms with Gasteiger partial charge in [-0.2, -0.15) is 4.31 Å². The van der Waals surface area contributed by atoms with Gasteiger partial charge in [0.1, 0.15) is 0 Å². The van der Waals surface area contributed by atoms with Crippen molar-refractivity contribution in [3.63, 3.8) is 0 Å². The van der Waals surface area contributed by atoms with Gasteiger partial charge in [0.2, 0.25) is 21.8 Å². The second kappa shape index (κ2) is 10.8. The lowest BCUT2D eigenvalue weighted by molar-refractivity contribution is -0.118. The Morgan fingerprint density at radius 2 is 1.61 bits per heavy atom. The summed E-state index contributed by atoms with van der Waals surface area (Å²) in [5, 5.41) is 5.55. The molecule has 1 aliphatic heterocycles. The number of benzene rings is 2. The molecule has 0 bridgehead atoms. The third kappa shape index (κ3) is 6.81. The molecule has 2 aromatic rings. The molecule has 2 N–H and O–H groups in total. The van der Waals surface area contributed by atoms with Crippen LogP contribution in [0.4, 0.5) is 5.69 Å². The van der Waals surface area contributed by atoms with Gasteiger partial charge in [0.25, 0.3) is 0 Å². The van der Waals surface area contributed by atoms with Crippen molar-refractivity contribution in [3.8, 4) is 0 Å². The Bertz CT molecular complexity index is 1000. The van der Waals surface area contributed by atoms with Gasteiger partial charge >= 0.3 is 0 Å². The molecule has 0 aliphatic carbocycles. The number of anilines is 1. The molecule has 1 fully saturated rings. The second-order valence-corrected chi connectivity index (χ2v) is 10.4. The van der Waals surface area contributed by atoms with E-state index in [1.807, 2.05) is 12.1 Å². The molecular formula is C22H27N3O4S2. The molecular weight excluding hydrogens is 434 g/mol. The van der Waals surface area contributed by atoms with Crippen molar-refractivity contribution in [1.82, 2.24) is 9.62 Å². The maximum Gasteiger partial charge on any atom is 0.243 e. The number of piperidine rings is 1. The summed E-state index contributed by atoms with van der Waals surface area (Å²) < 4.78 is 26.9. The minimum atomic E-state index is -3.44. The Morgan fingerprint density at radius 1 is 0.968 bits per heavy atom. The maximum atomic E-state index is 12.7. The summed E-state index contributed by atoms with van der Waals surface area (Å²) >= 11 is 1.40. The van der Waals surface area contributed by atoms with Crippen LogP contribution in [0.25, 0.3) is 0 Å². The van der Waals surface area contributed by atoms with Gasteiger partial charge in [-0.05, 0) is 54.8 Å². The highest BCUT2D eigenvalue weighted by molar-refractivity contribution is 8.00. The standard InChI is InChI=1S/C22H27N3O4S2/c1-17(26)24-19-7-9-20(10-8-19)30-16-22(27)23-15-18-5-11-21(12-6-18)31(28,29)25-13-3-2-4-14-25/h5-12H,2-4,13-16H2,1H3,(H,23,27)(H,24,26). The van der Waals surface area contributed by atoms with Gasteiger partial charge in [0, 0.05) is 37.1 Å². The van der Waals surface area contributed by atoms with Gasteiger partial charge in [0.15, 0.2) is 0 Å². The van der Waals surface area contributed by atoms with Gasteiger partial charge in [0.05, 0.1) is 10.6 Å². The first-order chi connectivity index (χ1) is 14.8. The van der Waals surface area contributed by atoms with Gasteiger partial charge in [-0.15, -0.1) is 11.8 Å². The zero-order valence-electron chi connectivity index (χ0n) is 17.5. The molecule has 0 unspecified atom stereocenters. The molecule has 0 saturated carbocycles. The fourth-order valence-electron chi connectivity index (χ4n) is 3.27. The number of hydrogen-bond acceptors (Lipinski definition) is 5. The molecule has 7 nitrogen and oxygen atoms in total. The number of carbonyl (C=O) groups excluding carboxylic acids is 2. The molecule has 1 aliphatic rings. The summed E-state index contributed by atoms with van der Waals surface area (Å²) in [7, 11) is -3.44. The lowest BCUT2D eigenvalue weighted by atomic mass is 10.2. The van der Waals surface area contributed by atoms with E-state index in [4.69, 9.17) is 0 Å². The van der Waals surface area contributed by atoms with Crippen molar-refractivity contribution < 1.29 is 18.0 Å². The maximum absolute atomic E-state index is 12.7. The Balaban J connectivity index is 1.46. The van der Waals surface area contributed by atoms with E-state index in [2.05, 4.69) is 10.6 Å². The van der Waals surface area contributed by atoms with Crippen molar-refractivity contribution in [2.24, 2.45) is 0 Å². The zero-order chi connectivity index (χ0) is 22.3. The number of amides is 2. The van der Waals surface area contributed by atoms with Crippen molar-refractivity contribution in [1.29, 1.82) is 0 Å². The smallest absolute Gasteiger partial charge is 0.243 e. The first kappa shape index (κ1) is 23.3. The first-order valence-corrected chi connectivity index (χ1v) is 12.6. The summed E-state index contributed by atoms with van der Waals surface area (Å²) in [6.45, 7) is 2.95.